The molecule has 4 rings (SSSR count). The monoisotopic (exact) mass is 249 g/mol. The van der Waals surface area contributed by atoms with E-state index in [4.69, 9.17) is 0 Å². The fraction of sp³-hybridized carbons (Fsp3) is 1.00. The number of hydrogen-bond donors (Lipinski definition) is 1. The predicted molar refractivity (Wildman–Crippen MR) is 72.4 cm³/mol. The summed E-state index contributed by atoms with van der Waals surface area (Å²) in [6, 6.07) is 1.72. The maximum atomic E-state index is 10.4. The van der Waals surface area contributed by atoms with Crippen LogP contribution in [0.25, 0.3) is 0 Å². The average molecular weight is 249 g/mol. The van der Waals surface area contributed by atoms with Crippen LogP contribution in [0.1, 0.15) is 64.2 Å². The molecule has 2 saturated carbocycles. The summed E-state index contributed by atoms with van der Waals surface area (Å²) in [7, 11) is 0. The van der Waals surface area contributed by atoms with Gasteiger partial charge in [0.15, 0.2) is 0 Å². The van der Waals surface area contributed by atoms with Crippen molar-refractivity contribution in [2.45, 2.75) is 82.4 Å². The van der Waals surface area contributed by atoms with Gasteiger partial charge in [-0.15, -0.1) is 0 Å². The highest BCUT2D eigenvalue weighted by molar-refractivity contribution is 5.05. The molecule has 4 fully saturated rings. The summed E-state index contributed by atoms with van der Waals surface area (Å²) in [4.78, 5) is 2.84. The Labute approximate surface area is 111 Å². The number of piperidine rings is 2. The first kappa shape index (κ1) is 11.7. The van der Waals surface area contributed by atoms with Crippen molar-refractivity contribution in [1.29, 1.82) is 0 Å². The molecule has 0 aromatic heterocycles. The van der Waals surface area contributed by atoms with Crippen LogP contribution in [0.2, 0.25) is 0 Å². The molecule has 1 N–H and O–H groups in total. The lowest BCUT2D eigenvalue weighted by Crippen LogP contribution is -2.54. The van der Waals surface area contributed by atoms with E-state index < -0.39 is 0 Å². The largest absolute Gasteiger partial charge is 0.392 e. The van der Waals surface area contributed by atoms with E-state index in [1.54, 1.807) is 0 Å². The Morgan fingerprint density at radius 2 is 1.67 bits per heavy atom. The van der Waals surface area contributed by atoms with E-state index >= 15 is 0 Å². The van der Waals surface area contributed by atoms with E-state index in [0.29, 0.717) is 5.41 Å². The predicted octanol–water partition coefficient (Wildman–Crippen LogP) is 2.94. The second-order valence-corrected chi connectivity index (χ2v) is 7.56. The first-order valence-corrected chi connectivity index (χ1v) is 8.21. The first-order chi connectivity index (χ1) is 8.77. The van der Waals surface area contributed by atoms with Gasteiger partial charge in [-0.3, -0.25) is 4.90 Å². The molecule has 2 heteroatoms. The topological polar surface area (TPSA) is 23.5 Å². The summed E-state index contributed by atoms with van der Waals surface area (Å²) in [5.41, 5.74) is 0.301. The maximum absolute atomic E-state index is 10.4. The molecule has 2 aliphatic heterocycles. The standard InChI is InChI=1S/C16H27NO/c18-15-9-12-7-8-16(15,10-12)11-17-13-3-1-4-14(17)6-2-5-13/h12-15,18H,1-11H2. The van der Waals surface area contributed by atoms with Gasteiger partial charge in [-0.05, 0) is 57.3 Å². The Morgan fingerprint density at radius 1 is 1.00 bits per heavy atom. The highest BCUT2D eigenvalue weighted by Gasteiger charge is 2.53. The molecule has 2 saturated heterocycles. The van der Waals surface area contributed by atoms with Crippen molar-refractivity contribution in [2.75, 3.05) is 6.54 Å². The van der Waals surface area contributed by atoms with E-state index in [1.165, 1.54) is 64.3 Å². The Balaban J connectivity index is 1.53. The number of hydrogen-bond acceptors (Lipinski definition) is 2. The quantitative estimate of drug-likeness (QED) is 0.813. The molecule has 3 atom stereocenters. The highest BCUT2D eigenvalue weighted by atomic mass is 16.3. The van der Waals surface area contributed by atoms with E-state index in [9.17, 15) is 5.11 Å². The molecular weight excluding hydrogens is 222 g/mol. The van der Waals surface area contributed by atoms with Crippen molar-refractivity contribution in [1.82, 2.24) is 4.90 Å². The summed E-state index contributed by atoms with van der Waals surface area (Å²) < 4.78 is 0. The highest BCUT2D eigenvalue weighted by Crippen LogP contribution is 2.55. The van der Waals surface area contributed by atoms with Gasteiger partial charge in [0.05, 0.1) is 6.10 Å². The molecular formula is C16H27NO. The van der Waals surface area contributed by atoms with Gasteiger partial charge in [-0.2, -0.15) is 0 Å². The summed E-state index contributed by atoms with van der Waals surface area (Å²) >= 11 is 0. The minimum absolute atomic E-state index is 0.0129. The molecule has 0 amide bonds. The molecule has 4 aliphatic rings. The van der Waals surface area contributed by atoms with Gasteiger partial charge in [0, 0.05) is 24.0 Å². The fourth-order valence-electron chi connectivity index (χ4n) is 5.64. The van der Waals surface area contributed by atoms with Gasteiger partial charge in [0.1, 0.15) is 0 Å². The Kier molecular flexibility index (Phi) is 2.74. The fourth-order valence-corrected chi connectivity index (χ4v) is 5.64. The first-order valence-electron chi connectivity index (χ1n) is 8.21. The van der Waals surface area contributed by atoms with Crippen LogP contribution in [0.5, 0.6) is 0 Å². The Morgan fingerprint density at radius 3 is 2.17 bits per heavy atom. The zero-order valence-electron chi connectivity index (χ0n) is 11.5. The van der Waals surface area contributed by atoms with Crippen molar-refractivity contribution in [2.24, 2.45) is 11.3 Å². The third-order valence-corrected chi connectivity index (χ3v) is 6.59. The summed E-state index contributed by atoms with van der Waals surface area (Å²) in [6.07, 6.45) is 13.7. The molecule has 0 spiro atoms. The van der Waals surface area contributed by atoms with E-state index in [1.807, 2.05) is 0 Å². The number of rotatable bonds is 2. The summed E-state index contributed by atoms with van der Waals surface area (Å²) in [6.45, 7) is 1.22. The minimum Gasteiger partial charge on any atom is -0.392 e. The van der Waals surface area contributed by atoms with Gasteiger partial charge >= 0.3 is 0 Å². The van der Waals surface area contributed by atoms with Gasteiger partial charge < -0.3 is 5.11 Å². The van der Waals surface area contributed by atoms with Crippen LogP contribution in [0, 0.1) is 11.3 Å². The van der Waals surface area contributed by atoms with Crippen LogP contribution < -0.4 is 0 Å². The lowest BCUT2D eigenvalue weighted by Gasteiger charge is -2.50. The third-order valence-electron chi connectivity index (χ3n) is 6.59. The van der Waals surface area contributed by atoms with Gasteiger partial charge in [0.2, 0.25) is 0 Å². The van der Waals surface area contributed by atoms with Crippen LogP contribution in [-0.2, 0) is 0 Å². The third kappa shape index (κ3) is 1.68. The summed E-state index contributed by atoms with van der Waals surface area (Å²) in [5, 5.41) is 10.4. The molecule has 2 nitrogen and oxygen atoms in total. The molecule has 2 aliphatic carbocycles. The van der Waals surface area contributed by atoms with Crippen LogP contribution in [-0.4, -0.2) is 34.7 Å². The molecule has 0 aromatic rings. The zero-order chi connectivity index (χ0) is 12.2. The van der Waals surface area contributed by atoms with Crippen molar-refractivity contribution in [3.8, 4) is 0 Å². The molecule has 0 radical (unpaired) electrons. The van der Waals surface area contributed by atoms with E-state index in [-0.39, 0.29) is 6.10 Å². The van der Waals surface area contributed by atoms with Crippen LogP contribution in [0.4, 0.5) is 0 Å². The second kappa shape index (κ2) is 4.21. The van der Waals surface area contributed by atoms with Crippen LogP contribution in [0.3, 0.4) is 0 Å². The van der Waals surface area contributed by atoms with E-state index in [0.717, 1.165) is 24.4 Å². The molecule has 18 heavy (non-hydrogen) atoms. The molecule has 4 bridgehead atoms. The second-order valence-electron chi connectivity index (χ2n) is 7.56. The lowest BCUT2D eigenvalue weighted by molar-refractivity contribution is -0.0397. The maximum Gasteiger partial charge on any atom is 0.0611 e. The number of aliphatic hydroxyl groups excluding tert-OH is 1. The van der Waals surface area contributed by atoms with E-state index in [2.05, 4.69) is 4.90 Å². The smallest absolute Gasteiger partial charge is 0.0611 e. The number of nitrogens with zero attached hydrogens (tertiary/aromatic N) is 1. The SMILES string of the molecule is OC1CC2CCC1(CN1C3CCCC1CCC3)C2. The normalized spacial score (nSPS) is 51.8. The zero-order valence-corrected chi connectivity index (χ0v) is 11.5. The van der Waals surface area contributed by atoms with Crippen LogP contribution >= 0.6 is 0 Å². The van der Waals surface area contributed by atoms with Crippen molar-refractivity contribution >= 4 is 0 Å². The number of fused-ring (bicyclic) bond motifs is 4. The molecule has 2 heterocycles. The van der Waals surface area contributed by atoms with Crippen molar-refractivity contribution < 1.29 is 5.11 Å². The lowest BCUT2D eigenvalue weighted by atomic mass is 9.77. The average Bonchev–Trinajstić information content (AvgIpc) is 2.85. The summed E-state index contributed by atoms with van der Waals surface area (Å²) in [5.74, 6) is 0.852. The Hall–Kier alpha value is -0.0800. The molecule has 102 valence electrons. The van der Waals surface area contributed by atoms with Crippen molar-refractivity contribution in [3.05, 3.63) is 0 Å². The van der Waals surface area contributed by atoms with Gasteiger partial charge in [0.25, 0.3) is 0 Å². The van der Waals surface area contributed by atoms with Gasteiger partial charge in [-0.1, -0.05) is 12.8 Å². The molecule has 0 aromatic carbocycles. The van der Waals surface area contributed by atoms with Gasteiger partial charge in [-0.25, -0.2) is 0 Å². The number of aliphatic hydroxyl groups is 1. The Bertz CT molecular complexity index is 309. The minimum atomic E-state index is 0.0129. The van der Waals surface area contributed by atoms with Crippen LogP contribution in [0.15, 0.2) is 0 Å². The molecule has 3 unspecified atom stereocenters. The van der Waals surface area contributed by atoms with Crippen molar-refractivity contribution in [3.63, 3.8) is 0 Å².